The lowest BCUT2D eigenvalue weighted by atomic mass is 10.0. The lowest BCUT2D eigenvalue weighted by molar-refractivity contribution is -0.870. The molecule has 1 N–H and O–H groups in total. The minimum absolute atomic E-state index is 0.0201. The highest BCUT2D eigenvalue weighted by molar-refractivity contribution is 7.47. The van der Waals surface area contributed by atoms with Gasteiger partial charge in [0.25, 0.3) is 0 Å². The summed E-state index contributed by atoms with van der Waals surface area (Å²) >= 11 is 0. The van der Waals surface area contributed by atoms with Gasteiger partial charge < -0.3 is 18.9 Å². The molecule has 0 aromatic carbocycles. The first kappa shape index (κ1) is 52.5. The normalized spacial score (nSPS) is 13.8. The zero-order valence-corrected chi connectivity index (χ0v) is 36.6. The fraction of sp³-hybridized carbons (Fsp3) is 0.864. The van der Waals surface area contributed by atoms with E-state index in [-0.39, 0.29) is 26.1 Å². The molecule has 0 amide bonds. The lowest BCUT2D eigenvalue weighted by Crippen LogP contribution is -2.37. The number of ether oxygens (including phenoxy) is 2. The number of esters is 2. The standard InChI is InChI=1S/C44H84NO8P/c1-6-8-10-12-14-16-18-20-22-24-26-28-30-32-34-36-43(46)50-40-42(41-52-54(48,49)51-39-38-45(3,4)5)53-44(47)37-35-33-31-29-27-25-23-21-19-17-15-13-11-9-7-2/h32-35,42H,6-31,36-41H2,1-5H3/p+1/b34-32-,35-33-/t42-/m1/s1. The van der Waals surface area contributed by atoms with Crippen LogP contribution in [-0.2, 0) is 32.7 Å². The molecule has 0 aromatic heterocycles. The Hall–Kier alpha value is -1.51. The molecule has 0 spiro atoms. The third kappa shape index (κ3) is 40.2. The van der Waals surface area contributed by atoms with E-state index in [1.807, 2.05) is 39.4 Å². The summed E-state index contributed by atoms with van der Waals surface area (Å²) in [5.74, 6) is -0.984. The highest BCUT2D eigenvalue weighted by atomic mass is 31.2. The summed E-state index contributed by atoms with van der Waals surface area (Å²) in [6.07, 6.45) is 39.9. The Labute approximate surface area is 332 Å². The topological polar surface area (TPSA) is 108 Å². The van der Waals surface area contributed by atoms with Crippen LogP contribution in [0.1, 0.15) is 194 Å². The molecule has 0 fully saturated rings. The molecule has 0 saturated carbocycles. The van der Waals surface area contributed by atoms with Crippen molar-refractivity contribution in [3.05, 3.63) is 24.3 Å². The van der Waals surface area contributed by atoms with E-state index in [9.17, 15) is 19.0 Å². The van der Waals surface area contributed by atoms with Crippen molar-refractivity contribution in [1.82, 2.24) is 0 Å². The third-order valence-electron chi connectivity index (χ3n) is 9.52. The summed E-state index contributed by atoms with van der Waals surface area (Å²) in [6.45, 7) is 4.32. The molecule has 0 rings (SSSR count). The molecule has 0 bridgehead atoms. The van der Waals surface area contributed by atoms with Crippen molar-refractivity contribution in [2.75, 3.05) is 47.5 Å². The number of phosphoric acid groups is 1. The molecule has 318 valence electrons. The van der Waals surface area contributed by atoms with E-state index in [0.29, 0.717) is 11.0 Å². The number of carbonyl (C=O) groups is 2. The molecule has 1 unspecified atom stereocenters. The van der Waals surface area contributed by atoms with Crippen LogP contribution in [0.5, 0.6) is 0 Å². The number of hydrogen-bond acceptors (Lipinski definition) is 7. The van der Waals surface area contributed by atoms with Crippen molar-refractivity contribution < 1.29 is 42.1 Å². The molecule has 0 radical (unpaired) electrons. The Balaban J connectivity index is 4.44. The van der Waals surface area contributed by atoms with Gasteiger partial charge in [-0.3, -0.25) is 18.6 Å². The van der Waals surface area contributed by atoms with Gasteiger partial charge in [0.05, 0.1) is 40.6 Å². The van der Waals surface area contributed by atoms with Gasteiger partial charge in [-0.15, -0.1) is 0 Å². The summed E-state index contributed by atoms with van der Waals surface area (Å²) in [5.41, 5.74) is 0. The van der Waals surface area contributed by atoms with E-state index in [2.05, 4.69) is 13.8 Å². The number of likely N-dealkylation sites (N-methyl/N-ethyl adjacent to an activating group) is 1. The highest BCUT2D eigenvalue weighted by Gasteiger charge is 2.26. The Morgan fingerprint density at radius 3 is 1.35 bits per heavy atom. The second-order valence-electron chi connectivity index (χ2n) is 16.1. The van der Waals surface area contributed by atoms with E-state index in [1.54, 1.807) is 6.08 Å². The molecule has 0 aromatic rings. The van der Waals surface area contributed by atoms with Crippen LogP contribution in [0.3, 0.4) is 0 Å². The van der Waals surface area contributed by atoms with Crippen molar-refractivity contribution >= 4 is 19.8 Å². The van der Waals surface area contributed by atoms with Crippen LogP contribution < -0.4 is 0 Å². The van der Waals surface area contributed by atoms with Crippen molar-refractivity contribution in [3.63, 3.8) is 0 Å². The van der Waals surface area contributed by atoms with Crippen molar-refractivity contribution in [2.45, 2.75) is 200 Å². The smallest absolute Gasteiger partial charge is 0.461 e. The zero-order chi connectivity index (χ0) is 40.0. The molecular weight excluding hydrogens is 701 g/mol. The van der Waals surface area contributed by atoms with Gasteiger partial charge in [0.2, 0.25) is 0 Å². The number of unbranched alkanes of at least 4 members (excludes halogenated alkanes) is 24. The van der Waals surface area contributed by atoms with Crippen LogP contribution in [0, 0.1) is 0 Å². The van der Waals surface area contributed by atoms with E-state index in [1.165, 1.54) is 141 Å². The molecule has 0 aliphatic carbocycles. The van der Waals surface area contributed by atoms with Gasteiger partial charge in [0, 0.05) is 0 Å². The van der Waals surface area contributed by atoms with Gasteiger partial charge in [-0.1, -0.05) is 179 Å². The Bertz CT molecular complexity index is 980. The maximum absolute atomic E-state index is 12.6. The average Bonchev–Trinajstić information content (AvgIpc) is 3.12. The molecule has 0 heterocycles. The fourth-order valence-electron chi connectivity index (χ4n) is 6.04. The number of allylic oxidation sites excluding steroid dienone is 2. The second-order valence-corrected chi connectivity index (χ2v) is 17.6. The summed E-state index contributed by atoms with van der Waals surface area (Å²) in [6, 6.07) is 0. The van der Waals surface area contributed by atoms with E-state index in [4.69, 9.17) is 18.5 Å². The molecule has 54 heavy (non-hydrogen) atoms. The van der Waals surface area contributed by atoms with Gasteiger partial charge in [-0.05, 0) is 25.7 Å². The molecular formula is C44H85NO8P+. The van der Waals surface area contributed by atoms with Crippen LogP contribution in [0.4, 0.5) is 0 Å². The maximum atomic E-state index is 12.6. The third-order valence-corrected chi connectivity index (χ3v) is 10.5. The summed E-state index contributed by atoms with van der Waals surface area (Å²) in [5, 5.41) is 0. The number of carbonyl (C=O) groups excluding carboxylic acids is 2. The predicted octanol–water partition coefficient (Wildman–Crippen LogP) is 12.4. The fourth-order valence-corrected chi connectivity index (χ4v) is 6.78. The molecule has 0 saturated heterocycles. The minimum Gasteiger partial charge on any atom is -0.461 e. The van der Waals surface area contributed by atoms with Crippen LogP contribution in [-0.4, -0.2) is 74.9 Å². The number of phosphoric ester groups is 1. The summed E-state index contributed by atoms with van der Waals surface area (Å²) in [4.78, 5) is 35.2. The van der Waals surface area contributed by atoms with Crippen LogP contribution >= 0.6 is 7.82 Å². The highest BCUT2D eigenvalue weighted by Crippen LogP contribution is 2.43. The first-order valence-electron chi connectivity index (χ1n) is 22.1. The first-order chi connectivity index (χ1) is 26.0. The van der Waals surface area contributed by atoms with Crippen molar-refractivity contribution in [1.29, 1.82) is 0 Å². The zero-order valence-electron chi connectivity index (χ0n) is 35.7. The Morgan fingerprint density at radius 2 is 0.944 bits per heavy atom. The summed E-state index contributed by atoms with van der Waals surface area (Å²) in [7, 11) is 1.44. The largest absolute Gasteiger partial charge is 0.472 e. The molecule has 0 aliphatic heterocycles. The number of hydrogen-bond donors (Lipinski definition) is 1. The Morgan fingerprint density at radius 1 is 0.556 bits per heavy atom. The van der Waals surface area contributed by atoms with Gasteiger partial charge in [-0.2, -0.15) is 0 Å². The molecule has 2 atom stereocenters. The van der Waals surface area contributed by atoms with Crippen molar-refractivity contribution in [3.8, 4) is 0 Å². The SMILES string of the molecule is CCCCCCCCCCCCCC/C=C\CC(=O)OC[C@H](COP(=O)(O)OCC[N+](C)(C)C)OC(=O)C/C=C\CCCCCCCCCCCCCC. The summed E-state index contributed by atoms with van der Waals surface area (Å²) < 4.78 is 34.1. The second kappa shape index (κ2) is 37.1. The number of rotatable bonds is 40. The maximum Gasteiger partial charge on any atom is 0.472 e. The average molecular weight is 787 g/mol. The molecule has 9 nitrogen and oxygen atoms in total. The molecule has 10 heteroatoms. The van der Waals surface area contributed by atoms with E-state index in [0.717, 1.165) is 25.7 Å². The Kier molecular flexibility index (Phi) is 36.1. The van der Waals surface area contributed by atoms with Gasteiger partial charge in [0.15, 0.2) is 6.10 Å². The van der Waals surface area contributed by atoms with Crippen LogP contribution in [0.15, 0.2) is 24.3 Å². The number of quaternary nitrogens is 1. The monoisotopic (exact) mass is 787 g/mol. The van der Waals surface area contributed by atoms with Gasteiger partial charge >= 0.3 is 19.8 Å². The van der Waals surface area contributed by atoms with Gasteiger partial charge in [-0.25, -0.2) is 4.57 Å². The predicted molar refractivity (Wildman–Crippen MR) is 224 cm³/mol. The van der Waals surface area contributed by atoms with E-state index >= 15 is 0 Å². The van der Waals surface area contributed by atoms with E-state index < -0.39 is 32.5 Å². The number of nitrogens with zero attached hydrogens (tertiary/aromatic N) is 1. The van der Waals surface area contributed by atoms with Crippen LogP contribution in [0.2, 0.25) is 0 Å². The molecule has 0 aliphatic rings. The lowest BCUT2D eigenvalue weighted by Gasteiger charge is -2.24. The van der Waals surface area contributed by atoms with Crippen molar-refractivity contribution in [2.24, 2.45) is 0 Å². The quantitative estimate of drug-likeness (QED) is 0.0215. The minimum atomic E-state index is -4.39. The first-order valence-corrected chi connectivity index (χ1v) is 23.6. The van der Waals surface area contributed by atoms with Crippen LogP contribution in [0.25, 0.3) is 0 Å². The van der Waals surface area contributed by atoms with Gasteiger partial charge in [0.1, 0.15) is 19.8 Å².